The van der Waals surface area contributed by atoms with Gasteiger partial charge in [-0.25, -0.2) is 4.79 Å². The average molecular weight is 289 g/mol. The molecule has 106 valence electrons. The largest absolute Gasteiger partial charge is 0.335 e. The van der Waals surface area contributed by atoms with Crippen LogP contribution in [0.3, 0.4) is 0 Å². The standard InChI is InChI=1S/C15H19N3OS/c1-20-14-6-5-13(8-14)18-15(19)17-10-12-4-2-3-11(7-12)9-16/h2-4,7,13-14H,5-6,8,10H2,1H3,(H2,17,18,19)/t13-,14-/m1/s1. The zero-order valence-corrected chi connectivity index (χ0v) is 12.4. The fourth-order valence-corrected chi connectivity index (χ4v) is 3.25. The number of hydrogen-bond acceptors (Lipinski definition) is 3. The molecule has 0 saturated heterocycles. The van der Waals surface area contributed by atoms with E-state index in [0.29, 0.717) is 17.4 Å². The quantitative estimate of drug-likeness (QED) is 0.895. The van der Waals surface area contributed by atoms with Crippen LogP contribution in [0.15, 0.2) is 24.3 Å². The van der Waals surface area contributed by atoms with E-state index >= 15 is 0 Å². The lowest BCUT2D eigenvalue weighted by molar-refractivity contribution is 0.236. The first-order valence-electron chi connectivity index (χ1n) is 6.77. The van der Waals surface area contributed by atoms with Gasteiger partial charge in [0.05, 0.1) is 11.6 Å². The van der Waals surface area contributed by atoms with Gasteiger partial charge in [0.25, 0.3) is 0 Å². The number of nitriles is 1. The molecule has 0 spiro atoms. The third-order valence-electron chi connectivity index (χ3n) is 3.56. The van der Waals surface area contributed by atoms with Gasteiger partial charge in [-0.15, -0.1) is 0 Å². The number of amides is 2. The number of nitrogens with zero attached hydrogens (tertiary/aromatic N) is 1. The molecule has 4 nitrogen and oxygen atoms in total. The second kappa shape index (κ2) is 7.20. The molecule has 2 amide bonds. The van der Waals surface area contributed by atoms with Gasteiger partial charge in [-0.1, -0.05) is 12.1 Å². The molecule has 0 bridgehead atoms. The number of benzene rings is 1. The minimum absolute atomic E-state index is 0.126. The van der Waals surface area contributed by atoms with Gasteiger partial charge in [-0.3, -0.25) is 0 Å². The molecule has 0 heterocycles. The summed E-state index contributed by atoms with van der Waals surface area (Å²) in [6.07, 6.45) is 5.41. The van der Waals surface area contributed by atoms with Crippen molar-refractivity contribution in [3.05, 3.63) is 35.4 Å². The summed E-state index contributed by atoms with van der Waals surface area (Å²) in [6.45, 7) is 0.444. The van der Waals surface area contributed by atoms with Crippen LogP contribution in [0.5, 0.6) is 0 Å². The van der Waals surface area contributed by atoms with Crippen LogP contribution in [0.2, 0.25) is 0 Å². The van der Waals surface area contributed by atoms with Crippen LogP contribution < -0.4 is 10.6 Å². The Morgan fingerprint density at radius 1 is 1.50 bits per heavy atom. The molecule has 20 heavy (non-hydrogen) atoms. The molecule has 1 saturated carbocycles. The van der Waals surface area contributed by atoms with Crippen LogP contribution in [0.1, 0.15) is 30.4 Å². The third-order valence-corrected chi connectivity index (χ3v) is 4.66. The molecule has 1 aromatic carbocycles. The van der Waals surface area contributed by atoms with E-state index in [4.69, 9.17) is 5.26 Å². The van der Waals surface area contributed by atoms with Crippen LogP contribution >= 0.6 is 11.8 Å². The molecular weight excluding hydrogens is 270 g/mol. The first-order chi connectivity index (χ1) is 9.71. The monoisotopic (exact) mass is 289 g/mol. The van der Waals surface area contributed by atoms with Gasteiger partial charge < -0.3 is 10.6 Å². The zero-order valence-electron chi connectivity index (χ0n) is 11.6. The Bertz CT molecular complexity index is 512. The number of rotatable bonds is 4. The molecule has 0 unspecified atom stereocenters. The lowest BCUT2D eigenvalue weighted by atomic mass is 10.1. The summed E-state index contributed by atoms with van der Waals surface area (Å²) < 4.78 is 0. The van der Waals surface area contributed by atoms with Crippen LogP contribution in [-0.2, 0) is 6.54 Å². The Morgan fingerprint density at radius 3 is 3.05 bits per heavy atom. The maximum Gasteiger partial charge on any atom is 0.315 e. The molecule has 1 aromatic rings. The van der Waals surface area contributed by atoms with Crippen molar-refractivity contribution < 1.29 is 4.79 Å². The second-order valence-corrected chi connectivity index (χ2v) is 6.14. The van der Waals surface area contributed by atoms with Gasteiger partial charge in [-0.05, 0) is 43.2 Å². The van der Waals surface area contributed by atoms with E-state index < -0.39 is 0 Å². The highest BCUT2D eigenvalue weighted by molar-refractivity contribution is 7.99. The molecule has 1 aliphatic rings. The van der Waals surface area contributed by atoms with Gasteiger partial charge in [0, 0.05) is 17.8 Å². The van der Waals surface area contributed by atoms with Crippen LogP contribution in [-0.4, -0.2) is 23.6 Å². The first-order valence-corrected chi connectivity index (χ1v) is 8.06. The summed E-state index contributed by atoms with van der Waals surface area (Å²) in [6, 6.07) is 9.53. The zero-order chi connectivity index (χ0) is 14.4. The predicted octanol–water partition coefficient (Wildman–Crippen LogP) is 2.64. The van der Waals surface area contributed by atoms with E-state index in [0.717, 1.165) is 18.4 Å². The van der Waals surface area contributed by atoms with Crippen LogP contribution in [0.25, 0.3) is 0 Å². The first kappa shape index (κ1) is 14.7. The van der Waals surface area contributed by atoms with Crippen LogP contribution in [0, 0.1) is 11.3 Å². The Kier molecular flexibility index (Phi) is 5.31. The Hall–Kier alpha value is -1.67. The number of thioether (sulfide) groups is 1. The van der Waals surface area contributed by atoms with E-state index in [1.165, 1.54) is 6.42 Å². The third kappa shape index (κ3) is 4.17. The van der Waals surface area contributed by atoms with Crippen molar-refractivity contribution in [2.24, 2.45) is 0 Å². The minimum atomic E-state index is -0.126. The van der Waals surface area contributed by atoms with E-state index in [1.54, 1.807) is 12.1 Å². The lowest BCUT2D eigenvalue weighted by Crippen LogP contribution is -2.40. The molecule has 0 aliphatic heterocycles. The Balaban J connectivity index is 1.76. The molecule has 2 N–H and O–H groups in total. The Morgan fingerprint density at radius 2 is 2.35 bits per heavy atom. The number of hydrogen-bond donors (Lipinski definition) is 2. The molecule has 0 aromatic heterocycles. The molecule has 5 heteroatoms. The summed E-state index contributed by atoms with van der Waals surface area (Å²) in [7, 11) is 0. The summed E-state index contributed by atoms with van der Waals surface area (Å²) >= 11 is 1.88. The SMILES string of the molecule is CS[C@@H]1CC[C@@H](NC(=O)NCc2cccc(C#N)c2)C1. The topological polar surface area (TPSA) is 64.9 Å². The number of nitrogens with one attached hydrogen (secondary N) is 2. The van der Waals surface area contributed by atoms with E-state index in [1.807, 2.05) is 23.9 Å². The van der Waals surface area contributed by atoms with Crippen molar-refractivity contribution in [2.75, 3.05) is 6.26 Å². The molecule has 2 atom stereocenters. The number of carbonyl (C=O) groups is 1. The summed E-state index contributed by atoms with van der Waals surface area (Å²) in [5.41, 5.74) is 1.55. The smallest absolute Gasteiger partial charge is 0.315 e. The molecule has 1 fully saturated rings. The van der Waals surface area contributed by atoms with Gasteiger partial charge >= 0.3 is 6.03 Å². The van der Waals surface area contributed by atoms with Gasteiger partial charge in [-0.2, -0.15) is 17.0 Å². The summed E-state index contributed by atoms with van der Waals surface area (Å²) in [5, 5.41) is 15.4. The van der Waals surface area contributed by atoms with Crippen molar-refractivity contribution >= 4 is 17.8 Å². The van der Waals surface area contributed by atoms with E-state index in [9.17, 15) is 4.79 Å². The summed E-state index contributed by atoms with van der Waals surface area (Å²) in [4.78, 5) is 11.8. The molecule has 1 aliphatic carbocycles. The van der Waals surface area contributed by atoms with E-state index in [-0.39, 0.29) is 12.1 Å². The van der Waals surface area contributed by atoms with Crippen molar-refractivity contribution in [3.8, 4) is 6.07 Å². The molecular formula is C15H19N3OS. The highest BCUT2D eigenvalue weighted by Crippen LogP contribution is 2.27. The van der Waals surface area contributed by atoms with Crippen molar-refractivity contribution in [3.63, 3.8) is 0 Å². The number of urea groups is 1. The fraction of sp³-hybridized carbons (Fsp3) is 0.467. The Labute approximate surface area is 123 Å². The van der Waals surface area contributed by atoms with Crippen molar-refractivity contribution in [1.29, 1.82) is 5.26 Å². The second-order valence-electron chi connectivity index (χ2n) is 5.01. The van der Waals surface area contributed by atoms with Crippen molar-refractivity contribution in [2.45, 2.75) is 37.1 Å². The number of carbonyl (C=O) groups excluding carboxylic acids is 1. The van der Waals surface area contributed by atoms with Gasteiger partial charge in [0.2, 0.25) is 0 Å². The van der Waals surface area contributed by atoms with Gasteiger partial charge in [0.1, 0.15) is 0 Å². The van der Waals surface area contributed by atoms with E-state index in [2.05, 4.69) is 23.0 Å². The lowest BCUT2D eigenvalue weighted by Gasteiger charge is -2.13. The van der Waals surface area contributed by atoms with Crippen LogP contribution in [0.4, 0.5) is 4.79 Å². The normalized spacial score (nSPS) is 21.2. The van der Waals surface area contributed by atoms with Gasteiger partial charge in [0.15, 0.2) is 0 Å². The average Bonchev–Trinajstić information content (AvgIpc) is 2.93. The maximum atomic E-state index is 11.8. The molecule has 2 rings (SSSR count). The molecule has 0 radical (unpaired) electrons. The maximum absolute atomic E-state index is 11.8. The summed E-state index contributed by atoms with van der Waals surface area (Å²) in [5.74, 6) is 0. The predicted molar refractivity (Wildman–Crippen MR) is 81.5 cm³/mol. The van der Waals surface area contributed by atoms with Crippen molar-refractivity contribution in [1.82, 2.24) is 10.6 Å². The fourth-order valence-electron chi connectivity index (χ4n) is 2.45. The highest BCUT2D eigenvalue weighted by Gasteiger charge is 2.24. The highest BCUT2D eigenvalue weighted by atomic mass is 32.2. The minimum Gasteiger partial charge on any atom is -0.335 e.